The second kappa shape index (κ2) is 7.73. The van der Waals surface area contributed by atoms with E-state index in [0.29, 0.717) is 22.1 Å². The van der Waals surface area contributed by atoms with Gasteiger partial charge in [-0.3, -0.25) is 9.52 Å². The zero-order chi connectivity index (χ0) is 22.6. The van der Waals surface area contributed by atoms with Crippen LogP contribution in [0.5, 0.6) is 5.75 Å². The average molecular weight is 456 g/mol. The topological polar surface area (TPSA) is 68.5 Å². The monoisotopic (exact) mass is 455 g/mol. The maximum Gasteiger partial charge on any atom is 0.298 e. The Morgan fingerprint density at radius 3 is 2.53 bits per heavy atom. The molecule has 0 bridgehead atoms. The van der Waals surface area contributed by atoms with Crippen LogP contribution < -0.4 is 9.46 Å². The minimum Gasteiger partial charge on any atom is -0.489 e. The van der Waals surface area contributed by atoms with Gasteiger partial charge in [-0.05, 0) is 72.4 Å². The maximum absolute atomic E-state index is 14.5. The number of carbonyl (C=O) groups is 1. The Kier molecular flexibility index (Phi) is 5.12. The molecule has 1 N–H and O–H groups in total. The molecule has 3 aromatic rings. The Hall–Kier alpha value is -2.67. The van der Waals surface area contributed by atoms with E-state index in [4.69, 9.17) is 9.15 Å². The minimum absolute atomic E-state index is 0.0724. The van der Waals surface area contributed by atoms with Gasteiger partial charge in [-0.2, -0.15) is 0 Å². The van der Waals surface area contributed by atoms with E-state index < -0.39 is 22.7 Å². The summed E-state index contributed by atoms with van der Waals surface area (Å²) in [4.78, 5) is 13.2. The van der Waals surface area contributed by atoms with E-state index in [1.807, 2.05) is 18.2 Å². The van der Waals surface area contributed by atoms with Crippen molar-refractivity contribution in [2.24, 2.45) is 0 Å². The SMILES string of the molecule is CC(C)(C)c1ccc(OC2CC2)c(S(=O)NC(=O)c2cc3c(F)cc(C4CC4)cc3o2)c1. The first kappa shape index (κ1) is 21.2. The lowest BCUT2D eigenvalue weighted by molar-refractivity contribution is 0.0958. The zero-order valence-electron chi connectivity index (χ0n) is 18.4. The average Bonchev–Trinajstić information content (AvgIpc) is 3.66. The third kappa shape index (κ3) is 4.31. The number of hydrogen-bond acceptors (Lipinski definition) is 4. The van der Waals surface area contributed by atoms with Crippen LogP contribution in [0.2, 0.25) is 0 Å². The van der Waals surface area contributed by atoms with Crippen LogP contribution in [0.25, 0.3) is 11.0 Å². The van der Waals surface area contributed by atoms with Crippen LogP contribution in [-0.4, -0.2) is 16.2 Å². The van der Waals surface area contributed by atoms with Crippen molar-refractivity contribution in [3.8, 4) is 5.75 Å². The van der Waals surface area contributed by atoms with Crippen LogP contribution in [0, 0.1) is 5.82 Å². The van der Waals surface area contributed by atoms with Crippen LogP contribution >= 0.6 is 0 Å². The second-order valence-corrected chi connectivity index (χ2v) is 10.9. The minimum atomic E-state index is -1.87. The molecule has 1 amide bonds. The van der Waals surface area contributed by atoms with Gasteiger partial charge in [0.25, 0.3) is 5.91 Å². The molecule has 2 aromatic carbocycles. The number of hydrogen-bond donors (Lipinski definition) is 1. The number of nitrogens with one attached hydrogen (secondary N) is 1. The van der Waals surface area contributed by atoms with E-state index in [0.717, 1.165) is 36.8 Å². The summed E-state index contributed by atoms with van der Waals surface area (Å²) in [7, 11) is -1.87. The second-order valence-electron chi connectivity index (χ2n) is 9.73. The summed E-state index contributed by atoms with van der Waals surface area (Å²) in [6.45, 7) is 6.19. The molecular formula is C25H26FNO4S. The lowest BCUT2D eigenvalue weighted by Crippen LogP contribution is -2.26. The van der Waals surface area contributed by atoms with Gasteiger partial charge in [0.2, 0.25) is 0 Å². The Bertz CT molecular complexity index is 1230. The van der Waals surface area contributed by atoms with Gasteiger partial charge in [0, 0.05) is 6.07 Å². The Morgan fingerprint density at radius 1 is 1.12 bits per heavy atom. The molecule has 0 radical (unpaired) electrons. The Balaban J connectivity index is 1.41. The largest absolute Gasteiger partial charge is 0.489 e. The fourth-order valence-corrected chi connectivity index (χ4v) is 4.56. The van der Waals surface area contributed by atoms with Gasteiger partial charge in [0.15, 0.2) is 16.7 Å². The summed E-state index contributed by atoms with van der Waals surface area (Å²) in [6, 6.07) is 10.2. The molecule has 1 aromatic heterocycles. The zero-order valence-corrected chi connectivity index (χ0v) is 19.2. The number of furan rings is 1. The van der Waals surface area contributed by atoms with E-state index in [1.54, 1.807) is 6.07 Å². The van der Waals surface area contributed by atoms with Gasteiger partial charge < -0.3 is 9.15 Å². The van der Waals surface area contributed by atoms with Crippen molar-refractivity contribution in [1.29, 1.82) is 0 Å². The highest BCUT2D eigenvalue weighted by Crippen LogP contribution is 2.42. The molecular weight excluding hydrogens is 429 g/mol. The van der Waals surface area contributed by atoms with E-state index in [-0.39, 0.29) is 22.7 Å². The molecule has 5 rings (SSSR count). The molecule has 1 atom stereocenters. The number of halogens is 1. The first-order valence-corrected chi connectivity index (χ1v) is 12.1. The normalized spacial score (nSPS) is 17.4. The van der Waals surface area contributed by atoms with Crippen molar-refractivity contribution in [1.82, 2.24) is 4.72 Å². The Morgan fingerprint density at radius 2 is 1.88 bits per heavy atom. The van der Waals surface area contributed by atoms with Crippen LogP contribution in [0.3, 0.4) is 0 Å². The van der Waals surface area contributed by atoms with Crippen LogP contribution in [0.4, 0.5) is 4.39 Å². The van der Waals surface area contributed by atoms with Gasteiger partial charge >= 0.3 is 0 Å². The molecule has 7 heteroatoms. The van der Waals surface area contributed by atoms with E-state index >= 15 is 0 Å². The predicted octanol–water partition coefficient (Wildman–Crippen LogP) is 5.74. The maximum atomic E-state index is 14.5. The van der Waals surface area contributed by atoms with Crippen LogP contribution in [0.15, 0.2) is 45.7 Å². The highest BCUT2D eigenvalue weighted by molar-refractivity contribution is 7.83. The number of fused-ring (bicyclic) bond motifs is 1. The third-order valence-corrected chi connectivity index (χ3v) is 6.98. The highest BCUT2D eigenvalue weighted by Gasteiger charge is 2.28. The number of rotatable bonds is 6. The molecule has 5 nitrogen and oxygen atoms in total. The van der Waals surface area contributed by atoms with Crippen molar-refractivity contribution in [2.75, 3.05) is 0 Å². The molecule has 168 valence electrons. The molecule has 2 fully saturated rings. The van der Waals surface area contributed by atoms with E-state index in [1.165, 1.54) is 12.1 Å². The lowest BCUT2D eigenvalue weighted by Gasteiger charge is -2.21. The van der Waals surface area contributed by atoms with Gasteiger partial charge in [-0.15, -0.1) is 0 Å². The molecule has 2 aliphatic rings. The van der Waals surface area contributed by atoms with Crippen molar-refractivity contribution in [2.45, 2.75) is 68.8 Å². The fraction of sp³-hybridized carbons (Fsp3) is 0.400. The molecule has 2 aliphatic carbocycles. The lowest BCUT2D eigenvalue weighted by atomic mass is 9.87. The number of amides is 1. The molecule has 2 saturated carbocycles. The molecule has 1 heterocycles. The van der Waals surface area contributed by atoms with Gasteiger partial charge in [-0.25, -0.2) is 8.60 Å². The first-order chi connectivity index (χ1) is 15.2. The Labute approximate surface area is 188 Å². The molecule has 0 saturated heterocycles. The summed E-state index contributed by atoms with van der Waals surface area (Å²) < 4.78 is 41.7. The smallest absolute Gasteiger partial charge is 0.298 e. The number of carbonyl (C=O) groups excluding carboxylic acids is 1. The first-order valence-electron chi connectivity index (χ1n) is 11.0. The highest BCUT2D eigenvalue weighted by atomic mass is 32.2. The van der Waals surface area contributed by atoms with Gasteiger partial charge in [-0.1, -0.05) is 26.8 Å². The molecule has 1 unspecified atom stereocenters. The van der Waals surface area contributed by atoms with Gasteiger partial charge in [0.05, 0.1) is 11.5 Å². The molecule has 0 spiro atoms. The molecule has 0 aliphatic heterocycles. The van der Waals surface area contributed by atoms with Crippen molar-refractivity contribution < 1.29 is 22.5 Å². The van der Waals surface area contributed by atoms with Crippen LogP contribution in [-0.2, 0) is 16.4 Å². The number of ether oxygens (including phenoxy) is 1. The fourth-order valence-electron chi connectivity index (χ4n) is 3.65. The van der Waals surface area contributed by atoms with Gasteiger partial charge in [0.1, 0.15) is 22.0 Å². The predicted molar refractivity (Wildman–Crippen MR) is 121 cm³/mol. The van der Waals surface area contributed by atoms with E-state index in [9.17, 15) is 13.4 Å². The van der Waals surface area contributed by atoms with Crippen molar-refractivity contribution in [3.63, 3.8) is 0 Å². The van der Waals surface area contributed by atoms with E-state index in [2.05, 4.69) is 25.5 Å². The summed E-state index contributed by atoms with van der Waals surface area (Å²) in [5.74, 6) is -0.277. The van der Waals surface area contributed by atoms with Crippen LogP contribution in [0.1, 0.15) is 74.1 Å². The van der Waals surface area contributed by atoms with Crippen molar-refractivity contribution >= 4 is 27.9 Å². The molecule has 32 heavy (non-hydrogen) atoms. The standard InChI is InChI=1S/C25H26FNO4S/c1-25(2,3)16-6-9-20(30-17-7-8-17)23(12-16)32(29)27-24(28)22-13-18-19(26)10-15(14-4-5-14)11-21(18)31-22/h6,9-14,17H,4-5,7-8H2,1-3H3,(H,27,28). The summed E-state index contributed by atoms with van der Waals surface area (Å²) >= 11 is 0. The quantitative estimate of drug-likeness (QED) is 0.515. The number of benzene rings is 2. The third-order valence-electron chi connectivity index (χ3n) is 5.89. The summed E-state index contributed by atoms with van der Waals surface area (Å²) in [5, 5.41) is 0.248. The van der Waals surface area contributed by atoms with Crippen molar-refractivity contribution in [3.05, 3.63) is 59.1 Å². The summed E-state index contributed by atoms with van der Waals surface area (Å²) in [6.07, 6.45) is 4.13. The summed E-state index contributed by atoms with van der Waals surface area (Å²) in [5.41, 5.74) is 2.05.